The number of ether oxygens (including phenoxy) is 3. The summed E-state index contributed by atoms with van der Waals surface area (Å²) in [5.41, 5.74) is 0. The lowest BCUT2D eigenvalue weighted by Gasteiger charge is -2.18. The average molecular weight is 1060 g/mol. The van der Waals surface area contributed by atoms with Gasteiger partial charge in [0.15, 0.2) is 6.10 Å². The summed E-state index contributed by atoms with van der Waals surface area (Å²) in [4.78, 5) is 38.2. The van der Waals surface area contributed by atoms with Crippen LogP contribution in [-0.4, -0.2) is 37.2 Å². The van der Waals surface area contributed by atoms with Gasteiger partial charge in [-0.2, -0.15) is 0 Å². The third-order valence-electron chi connectivity index (χ3n) is 15.4. The maximum atomic E-state index is 12.9. The smallest absolute Gasteiger partial charge is 0.306 e. The molecule has 0 amide bonds. The van der Waals surface area contributed by atoms with Gasteiger partial charge in [0.2, 0.25) is 0 Å². The lowest BCUT2D eigenvalue weighted by molar-refractivity contribution is -0.167. The van der Waals surface area contributed by atoms with E-state index >= 15 is 0 Å². The fourth-order valence-electron chi connectivity index (χ4n) is 10.3. The molecule has 0 aromatic rings. The summed E-state index contributed by atoms with van der Waals surface area (Å²) in [6.07, 6.45) is 77.9. The molecule has 442 valence electrons. The van der Waals surface area contributed by atoms with Gasteiger partial charge in [0.1, 0.15) is 13.2 Å². The van der Waals surface area contributed by atoms with Crippen molar-refractivity contribution in [3.05, 3.63) is 24.3 Å². The number of hydrogen-bond donors (Lipinski definition) is 0. The molecule has 0 heterocycles. The quantitative estimate of drug-likeness (QED) is 0.0261. The summed E-state index contributed by atoms with van der Waals surface area (Å²) in [5, 5.41) is 0. The third kappa shape index (κ3) is 62.6. The Morgan fingerprint density at radius 3 is 0.720 bits per heavy atom. The molecular weight excluding hydrogens is 925 g/mol. The molecule has 0 spiro atoms. The Hall–Kier alpha value is -2.11. The number of carbonyl (C=O) groups excluding carboxylic acids is 3. The molecule has 6 nitrogen and oxygen atoms in total. The van der Waals surface area contributed by atoms with Gasteiger partial charge >= 0.3 is 17.9 Å². The van der Waals surface area contributed by atoms with Crippen molar-refractivity contribution in [2.24, 2.45) is 0 Å². The lowest BCUT2D eigenvalue weighted by atomic mass is 10.0. The second-order valence-corrected chi connectivity index (χ2v) is 23.1. The molecule has 0 N–H and O–H groups in total. The fourth-order valence-corrected chi connectivity index (χ4v) is 10.3. The van der Waals surface area contributed by atoms with Gasteiger partial charge in [-0.1, -0.05) is 321 Å². The minimum Gasteiger partial charge on any atom is -0.462 e. The topological polar surface area (TPSA) is 78.9 Å². The molecule has 0 aromatic heterocycles. The molecule has 0 bridgehead atoms. The summed E-state index contributed by atoms with van der Waals surface area (Å²) in [6.45, 7) is 6.63. The number of unbranched alkanes of at least 4 members (excludes halogenated alkanes) is 48. The van der Waals surface area contributed by atoms with Crippen LogP contribution in [0.1, 0.15) is 380 Å². The van der Waals surface area contributed by atoms with Crippen LogP contribution < -0.4 is 0 Å². The number of rotatable bonds is 63. The van der Waals surface area contributed by atoms with Crippen LogP contribution in [0.15, 0.2) is 24.3 Å². The van der Waals surface area contributed by atoms with Crippen molar-refractivity contribution in [3.8, 4) is 0 Å². The molecule has 75 heavy (non-hydrogen) atoms. The summed E-state index contributed by atoms with van der Waals surface area (Å²) < 4.78 is 16.9. The molecule has 6 heteroatoms. The SMILES string of the molecule is CCC/C=C\CCCCCCCC(=O)OCC(COC(=O)CCCCCCCCCCCCCCCCCCCCCCCCCCCCCC)OC(=O)CCCCCCCCCCC/C=C\CCCCCCCC. The maximum absolute atomic E-state index is 12.9. The second kappa shape index (κ2) is 64.4. The maximum Gasteiger partial charge on any atom is 0.306 e. The highest BCUT2D eigenvalue weighted by Crippen LogP contribution is 2.18. The molecule has 1 atom stereocenters. The summed E-state index contributed by atoms with van der Waals surface area (Å²) in [7, 11) is 0. The summed E-state index contributed by atoms with van der Waals surface area (Å²) >= 11 is 0. The highest BCUT2D eigenvalue weighted by atomic mass is 16.6. The van der Waals surface area contributed by atoms with E-state index in [1.54, 1.807) is 0 Å². The minimum atomic E-state index is -0.773. The van der Waals surface area contributed by atoms with E-state index in [2.05, 4.69) is 45.1 Å². The van der Waals surface area contributed by atoms with E-state index in [0.29, 0.717) is 19.3 Å². The van der Waals surface area contributed by atoms with E-state index in [-0.39, 0.29) is 31.1 Å². The van der Waals surface area contributed by atoms with Crippen molar-refractivity contribution < 1.29 is 28.6 Å². The van der Waals surface area contributed by atoms with Crippen molar-refractivity contribution in [2.75, 3.05) is 13.2 Å². The first-order valence-corrected chi connectivity index (χ1v) is 33.8. The van der Waals surface area contributed by atoms with Crippen LogP contribution in [0.2, 0.25) is 0 Å². The Kier molecular flexibility index (Phi) is 62.6. The predicted molar refractivity (Wildman–Crippen MR) is 326 cm³/mol. The van der Waals surface area contributed by atoms with Crippen molar-refractivity contribution in [1.29, 1.82) is 0 Å². The molecular formula is C69H130O6. The first-order chi connectivity index (χ1) is 37.0. The monoisotopic (exact) mass is 1050 g/mol. The molecule has 0 fully saturated rings. The summed E-state index contributed by atoms with van der Waals surface area (Å²) in [5.74, 6) is -0.858. The second-order valence-electron chi connectivity index (χ2n) is 23.1. The first kappa shape index (κ1) is 72.9. The van der Waals surface area contributed by atoms with Crippen LogP contribution in [0.25, 0.3) is 0 Å². The van der Waals surface area contributed by atoms with Crippen LogP contribution in [0.3, 0.4) is 0 Å². The molecule has 0 aliphatic heterocycles. The number of carbonyl (C=O) groups is 3. The molecule has 0 aliphatic carbocycles. The molecule has 0 aliphatic rings. The highest BCUT2D eigenvalue weighted by Gasteiger charge is 2.19. The number of allylic oxidation sites excluding steroid dienone is 4. The number of hydrogen-bond acceptors (Lipinski definition) is 6. The van der Waals surface area contributed by atoms with Crippen LogP contribution in [0.4, 0.5) is 0 Å². The molecule has 0 rings (SSSR count). The minimum absolute atomic E-state index is 0.0699. The van der Waals surface area contributed by atoms with Crippen LogP contribution in [0.5, 0.6) is 0 Å². The van der Waals surface area contributed by atoms with E-state index in [1.165, 1.54) is 270 Å². The molecule has 0 aromatic carbocycles. The van der Waals surface area contributed by atoms with Gasteiger partial charge in [-0.25, -0.2) is 0 Å². The van der Waals surface area contributed by atoms with Crippen molar-refractivity contribution in [2.45, 2.75) is 386 Å². The zero-order chi connectivity index (χ0) is 54.3. The van der Waals surface area contributed by atoms with Crippen LogP contribution in [0, 0.1) is 0 Å². The third-order valence-corrected chi connectivity index (χ3v) is 15.4. The van der Waals surface area contributed by atoms with Crippen molar-refractivity contribution >= 4 is 17.9 Å². The van der Waals surface area contributed by atoms with E-state index < -0.39 is 6.10 Å². The molecule has 0 radical (unpaired) electrons. The average Bonchev–Trinajstić information content (AvgIpc) is 3.41. The van der Waals surface area contributed by atoms with E-state index in [4.69, 9.17) is 14.2 Å². The van der Waals surface area contributed by atoms with Gasteiger partial charge in [-0.15, -0.1) is 0 Å². The number of esters is 3. The molecule has 0 saturated carbocycles. The fraction of sp³-hybridized carbons (Fsp3) is 0.899. The van der Waals surface area contributed by atoms with Crippen molar-refractivity contribution in [1.82, 2.24) is 0 Å². The lowest BCUT2D eigenvalue weighted by Crippen LogP contribution is -2.30. The van der Waals surface area contributed by atoms with Gasteiger partial charge in [0, 0.05) is 19.3 Å². The Morgan fingerprint density at radius 1 is 0.253 bits per heavy atom. The van der Waals surface area contributed by atoms with Crippen molar-refractivity contribution in [3.63, 3.8) is 0 Å². The van der Waals surface area contributed by atoms with Gasteiger partial charge in [0.25, 0.3) is 0 Å². The van der Waals surface area contributed by atoms with Gasteiger partial charge < -0.3 is 14.2 Å². The largest absolute Gasteiger partial charge is 0.462 e. The predicted octanol–water partition coefficient (Wildman–Crippen LogP) is 23.0. The van der Waals surface area contributed by atoms with E-state index in [1.807, 2.05) is 0 Å². The summed E-state index contributed by atoms with van der Waals surface area (Å²) in [6, 6.07) is 0. The first-order valence-electron chi connectivity index (χ1n) is 33.8. The zero-order valence-corrected chi connectivity index (χ0v) is 50.8. The highest BCUT2D eigenvalue weighted by molar-refractivity contribution is 5.71. The standard InChI is InChI=1S/C69H130O6/c1-4-7-10-13-16-19-22-24-26-28-30-31-32-33-34-35-36-37-38-40-41-43-45-47-50-53-56-59-62-68(71)74-65-66(64-73-67(70)61-58-55-52-49-21-18-15-12-9-6-3)75-69(72)63-60-57-54-51-48-46-44-42-39-29-27-25-23-20-17-14-11-8-5-2/h12,15,25,27,66H,4-11,13-14,16-24,26,28-65H2,1-3H3/b15-12-,27-25-. The normalized spacial score (nSPS) is 12.1. The van der Waals surface area contributed by atoms with E-state index in [0.717, 1.165) is 70.6 Å². The van der Waals surface area contributed by atoms with E-state index in [9.17, 15) is 14.4 Å². The van der Waals surface area contributed by atoms with Crippen LogP contribution >= 0.6 is 0 Å². The Bertz CT molecular complexity index is 1210. The molecule has 1 unspecified atom stereocenters. The zero-order valence-electron chi connectivity index (χ0n) is 50.8. The van der Waals surface area contributed by atoms with Gasteiger partial charge in [0.05, 0.1) is 0 Å². The Labute approximate surface area is 468 Å². The van der Waals surface area contributed by atoms with Gasteiger partial charge in [-0.3, -0.25) is 14.4 Å². The Morgan fingerprint density at radius 2 is 0.467 bits per heavy atom. The Balaban J connectivity index is 4.11. The van der Waals surface area contributed by atoms with Crippen LogP contribution in [-0.2, 0) is 28.6 Å². The van der Waals surface area contributed by atoms with Gasteiger partial charge in [-0.05, 0) is 64.2 Å². The molecule has 0 saturated heterocycles.